The summed E-state index contributed by atoms with van der Waals surface area (Å²) in [5, 5.41) is 10.3. The molecule has 6 nitrogen and oxygen atoms in total. The van der Waals surface area contributed by atoms with Crippen LogP contribution < -0.4 is 4.74 Å². The van der Waals surface area contributed by atoms with Gasteiger partial charge in [-0.05, 0) is 40.8 Å². The molecule has 3 aromatic carbocycles. The SMILES string of the molecule is O=C(O)N1CCC(c2ccc(OCCCOCc3ccccc3)cc2)C(OCc2ccc(CBr)cc2)C1. The van der Waals surface area contributed by atoms with Gasteiger partial charge in [0, 0.05) is 24.2 Å². The molecule has 37 heavy (non-hydrogen) atoms. The fourth-order valence-corrected chi connectivity index (χ4v) is 4.87. The van der Waals surface area contributed by atoms with Crippen LogP contribution in [0, 0.1) is 0 Å². The van der Waals surface area contributed by atoms with Gasteiger partial charge >= 0.3 is 6.09 Å². The van der Waals surface area contributed by atoms with Crippen LogP contribution in [0.25, 0.3) is 0 Å². The number of rotatable bonds is 12. The lowest BCUT2D eigenvalue weighted by molar-refractivity contribution is -0.0199. The Hall–Kier alpha value is -2.87. The Morgan fingerprint density at radius 2 is 1.59 bits per heavy atom. The molecule has 1 saturated heterocycles. The highest BCUT2D eigenvalue weighted by atomic mass is 79.9. The monoisotopic (exact) mass is 567 g/mol. The molecule has 1 heterocycles. The first-order valence-corrected chi connectivity index (χ1v) is 13.8. The van der Waals surface area contributed by atoms with E-state index in [9.17, 15) is 9.90 Å². The number of piperidine rings is 1. The van der Waals surface area contributed by atoms with E-state index in [-0.39, 0.29) is 12.0 Å². The van der Waals surface area contributed by atoms with Gasteiger partial charge in [-0.2, -0.15) is 0 Å². The average molecular weight is 569 g/mol. The molecular weight excluding hydrogens is 534 g/mol. The van der Waals surface area contributed by atoms with Gasteiger partial charge in [0.1, 0.15) is 5.75 Å². The smallest absolute Gasteiger partial charge is 0.407 e. The van der Waals surface area contributed by atoms with Gasteiger partial charge in [0.05, 0.1) is 39.1 Å². The normalized spacial score (nSPS) is 17.5. The molecule has 0 bridgehead atoms. The first-order valence-electron chi connectivity index (χ1n) is 12.7. The van der Waals surface area contributed by atoms with Gasteiger partial charge in [-0.3, -0.25) is 0 Å². The summed E-state index contributed by atoms with van der Waals surface area (Å²) in [5.74, 6) is 0.942. The Morgan fingerprint density at radius 3 is 2.30 bits per heavy atom. The quantitative estimate of drug-likeness (QED) is 0.197. The number of alkyl halides is 1. The number of nitrogens with zero attached hydrogens (tertiary/aromatic N) is 1. The minimum Gasteiger partial charge on any atom is -0.494 e. The maximum atomic E-state index is 11.6. The zero-order valence-electron chi connectivity index (χ0n) is 20.9. The number of carboxylic acid groups (broad SMARTS) is 1. The molecule has 1 amide bonds. The third kappa shape index (κ3) is 8.32. The lowest BCUT2D eigenvalue weighted by atomic mass is 9.87. The van der Waals surface area contributed by atoms with E-state index >= 15 is 0 Å². The average Bonchev–Trinajstić information content (AvgIpc) is 2.95. The van der Waals surface area contributed by atoms with Gasteiger partial charge in [-0.15, -0.1) is 0 Å². The highest BCUT2D eigenvalue weighted by molar-refractivity contribution is 9.08. The zero-order chi connectivity index (χ0) is 25.9. The highest BCUT2D eigenvalue weighted by Gasteiger charge is 2.33. The Labute approximate surface area is 227 Å². The van der Waals surface area contributed by atoms with Crippen LogP contribution >= 0.6 is 15.9 Å². The standard InChI is InChI=1S/C30H34BrNO5/c31-19-23-7-9-25(10-8-23)22-37-29-20-32(30(33)34)16-15-28(29)26-11-13-27(14-12-26)36-18-4-17-35-21-24-5-2-1-3-6-24/h1-3,5-14,28-29H,4,15-22H2,(H,33,34). The van der Waals surface area contributed by atoms with Gasteiger partial charge in [-0.1, -0.05) is 82.7 Å². The Kier molecular flexibility index (Phi) is 10.4. The number of ether oxygens (including phenoxy) is 3. The van der Waals surface area contributed by atoms with Crippen LogP contribution in [0.4, 0.5) is 4.79 Å². The van der Waals surface area contributed by atoms with E-state index in [0.29, 0.717) is 39.5 Å². The van der Waals surface area contributed by atoms with E-state index in [4.69, 9.17) is 14.2 Å². The van der Waals surface area contributed by atoms with Crippen molar-refractivity contribution in [2.24, 2.45) is 0 Å². The molecule has 0 radical (unpaired) electrons. The minimum atomic E-state index is -0.898. The van der Waals surface area contributed by atoms with Gasteiger partial charge in [0.15, 0.2) is 0 Å². The fourth-order valence-electron chi connectivity index (χ4n) is 4.49. The summed E-state index contributed by atoms with van der Waals surface area (Å²) in [5.41, 5.74) is 4.59. The topological polar surface area (TPSA) is 68.2 Å². The molecular formula is C30H34BrNO5. The van der Waals surface area contributed by atoms with Gasteiger partial charge in [0.25, 0.3) is 0 Å². The van der Waals surface area contributed by atoms with Crippen LogP contribution in [0.3, 0.4) is 0 Å². The predicted octanol–water partition coefficient (Wildman–Crippen LogP) is 6.62. The molecule has 196 valence electrons. The van der Waals surface area contributed by atoms with Crippen LogP contribution in [-0.4, -0.2) is 48.5 Å². The van der Waals surface area contributed by atoms with Crippen LogP contribution in [0.1, 0.15) is 41.0 Å². The van der Waals surface area contributed by atoms with Crippen molar-refractivity contribution in [3.63, 3.8) is 0 Å². The summed E-state index contributed by atoms with van der Waals surface area (Å²) in [6, 6.07) is 26.5. The molecule has 0 spiro atoms. The van der Waals surface area contributed by atoms with Crippen LogP contribution in [0.15, 0.2) is 78.9 Å². The molecule has 1 aliphatic rings. The summed E-state index contributed by atoms with van der Waals surface area (Å²) < 4.78 is 17.9. The van der Waals surface area contributed by atoms with Crippen LogP contribution in [0.5, 0.6) is 5.75 Å². The molecule has 3 aromatic rings. The lowest BCUT2D eigenvalue weighted by Gasteiger charge is -2.37. The first kappa shape index (κ1) is 27.2. The number of halogens is 1. The van der Waals surface area contributed by atoms with E-state index in [1.807, 2.05) is 30.3 Å². The van der Waals surface area contributed by atoms with Crippen molar-refractivity contribution < 1.29 is 24.1 Å². The van der Waals surface area contributed by atoms with Crippen molar-refractivity contribution in [1.82, 2.24) is 4.90 Å². The Morgan fingerprint density at radius 1 is 0.892 bits per heavy atom. The maximum Gasteiger partial charge on any atom is 0.407 e. The van der Waals surface area contributed by atoms with E-state index in [2.05, 4.69) is 64.5 Å². The van der Waals surface area contributed by atoms with E-state index < -0.39 is 6.09 Å². The summed E-state index contributed by atoms with van der Waals surface area (Å²) in [4.78, 5) is 13.1. The Bertz CT molecular complexity index is 1090. The van der Waals surface area contributed by atoms with Gasteiger partial charge in [-0.25, -0.2) is 4.79 Å². The van der Waals surface area contributed by atoms with Crippen molar-refractivity contribution in [1.29, 1.82) is 0 Å². The number of likely N-dealkylation sites (tertiary alicyclic amines) is 1. The molecule has 2 atom stereocenters. The number of hydrogen-bond donors (Lipinski definition) is 1. The maximum absolute atomic E-state index is 11.6. The molecule has 1 aliphatic heterocycles. The summed E-state index contributed by atoms with van der Waals surface area (Å²) in [7, 11) is 0. The molecule has 1 fully saturated rings. The molecule has 7 heteroatoms. The van der Waals surface area contributed by atoms with Crippen molar-refractivity contribution in [3.05, 3.63) is 101 Å². The lowest BCUT2D eigenvalue weighted by Crippen LogP contribution is -2.46. The van der Waals surface area contributed by atoms with Crippen LogP contribution in [-0.2, 0) is 28.0 Å². The number of amides is 1. The summed E-state index contributed by atoms with van der Waals surface area (Å²) >= 11 is 3.47. The van der Waals surface area contributed by atoms with E-state index in [1.165, 1.54) is 16.0 Å². The molecule has 0 saturated carbocycles. The van der Waals surface area contributed by atoms with Crippen molar-refractivity contribution >= 4 is 22.0 Å². The largest absolute Gasteiger partial charge is 0.494 e. The van der Waals surface area contributed by atoms with E-state index in [1.54, 1.807) is 0 Å². The predicted molar refractivity (Wildman–Crippen MR) is 147 cm³/mol. The summed E-state index contributed by atoms with van der Waals surface area (Å²) in [6.45, 7) is 3.16. The van der Waals surface area contributed by atoms with Crippen LogP contribution in [0.2, 0.25) is 0 Å². The molecule has 1 N–H and O–H groups in total. The summed E-state index contributed by atoms with van der Waals surface area (Å²) in [6.07, 6.45) is 0.423. The van der Waals surface area contributed by atoms with Crippen molar-refractivity contribution in [2.75, 3.05) is 26.3 Å². The van der Waals surface area contributed by atoms with E-state index in [0.717, 1.165) is 35.0 Å². The molecule has 4 rings (SSSR count). The zero-order valence-corrected chi connectivity index (χ0v) is 22.5. The molecule has 2 unspecified atom stereocenters. The number of carbonyl (C=O) groups is 1. The van der Waals surface area contributed by atoms with Crippen molar-refractivity contribution in [3.8, 4) is 5.75 Å². The van der Waals surface area contributed by atoms with Gasteiger partial charge < -0.3 is 24.2 Å². The number of hydrogen-bond acceptors (Lipinski definition) is 4. The molecule has 0 aliphatic carbocycles. The second-order valence-electron chi connectivity index (χ2n) is 9.23. The highest BCUT2D eigenvalue weighted by Crippen LogP contribution is 2.32. The fraction of sp³-hybridized carbons (Fsp3) is 0.367. The Balaban J connectivity index is 1.27. The third-order valence-corrected chi connectivity index (χ3v) is 7.24. The van der Waals surface area contributed by atoms with Gasteiger partial charge in [0.2, 0.25) is 0 Å². The minimum absolute atomic E-state index is 0.123. The first-order chi connectivity index (χ1) is 18.1. The third-order valence-electron chi connectivity index (χ3n) is 6.59. The second-order valence-corrected chi connectivity index (χ2v) is 9.79. The second kappa shape index (κ2) is 14.2. The number of benzene rings is 3. The molecule has 0 aromatic heterocycles. The van der Waals surface area contributed by atoms with Crippen molar-refractivity contribution in [2.45, 2.75) is 43.4 Å².